The Morgan fingerprint density at radius 3 is 2.39 bits per heavy atom. The van der Waals surface area contributed by atoms with Crippen LogP contribution in [0.1, 0.15) is 33.2 Å². The predicted molar refractivity (Wildman–Crippen MR) is 140 cm³/mol. The van der Waals surface area contributed by atoms with Crippen LogP contribution >= 0.6 is 11.6 Å². The largest absolute Gasteiger partial charge is 0.497 e. The third kappa shape index (κ3) is 4.18. The van der Waals surface area contributed by atoms with Gasteiger partial charge >= 0.3 is 0 Å². The number of hydrogen-bond donors (Lipinski definition) is 2. The first kappa shape index (κ1) is 23.5. The van der Waals surface area contributed by atoms with Crippen LogP contribution in [-0.4, -0.2) is 34.8 Å². The summed E-state index contributed by atoms with van der Waals surface area (Å²) in [4.78, 5) is 30.5. The van der Waals surface area contributed by atoms with Crippen molar-refractivity contribution in [2.75, 3.05) is 14.2 Å². The van der Waals surface area contributed by atoms with E-state index in [9.17, 15) is 9.59 Å². The highest BCUT2D eigenvalue weighted by Crippen LogP contribution is 2.37. The second kappa shape index (κ2) is 9.43. The van der Waals surface area contributed by atoms with Crippen LogP contribution in [0.4, 0.5) is 0 Å². The van der Waals surface area contributed by atoms with E-state index < -0.39 is 5.92 Å². The van der Waals surface area contributed by atoms with Gasteiger partial charge in [-0.1, -0.05) is 17.7 Å². The quantitative estimate of drug-likeness (QED) is 0.282. The standard InChI is InChI=1S/C28H24ClN3O4/c1-16-26(22-14-21(36-3)11-12-23(22)30-16)27(28(34)17-7-9-18(29)10-8-17)24-15-25(33)32(31-24)19-5-4-6-20(13-19)35-2/h4-15,27,30-31H,1-3H3. The maximum Gasteiger partial charge on any atom is 0.271 e. The monoisotopic (exact) mass is 501 g/mol. The minimum atomic E-state index is -0.786. The average Bonchev–Trinajstić information content (AvgIpc) is 3.43. The van der Waals surface area contributed by atoms with Gasteiger partial charge in [-0.3, -0.25) is 14.7 Å². The Kier molecular flexibility index (Phi) is 6.16. The zero-order valence-electron chi connectivity index (χ0n) is 20.0. The van der Waals surface area contributed by atoms with Crippen LogP contribution in [0.5, 0.6) is 11.5 Å². The topological polar surface area (TPSA) is 89.1 Å². The fraction of sp³-hybridized carbons (Fsp3) is 0.143. The normalized spacial score (nSPS) is 12.0. The number of H-pyrrole nitrogens is 2. The first-order chi connectivity index (χ1) is 17.4. The van der Waals surface area contributed by atoms with Gasteiger partial charge in [0.25, 0.3) is 5.56 Å². The summed E-state index contributed by atoms with van der Waals surface area (Å²) < 4.78 is 12.2. The number of nitrogens with zero attached hydrogens (tertiary/aromatic N) is 1. The van der Waals surface area contributed by atoms with E-state index in [1.807, 2.05) is 25.1 Å². The molecule has 0 amide bonds. The van der Waals surface area contributed by atoms with Crippen LogP contribution in [0.2, 0.25) is 5.02 Å². The molecule has 1 atom stereocenters. The molecule has 0 saturated carbocycles. The maximum atomic E-state index is 14.0. The Morgan fingerprint density at radius 2 is 1.67 bits per heavy atom. The van der Waals surface area contributed by atoms with Crippen LogP contribution in [0, 0.1) is 6.92 Å². The summed E-state index contributed by atoms with van der Waals surface area (Å²) in [6.45, 7) is 1.92. The molecule has 0 radical (unpaired) electrons. The molecule has 2 aromatic heterocycles. The highest BCUT2D eigenvalue weighted by atomic mass is 35.5. The van der Waals surface area contributed by atoms with Gasteiger partial charge in [0, 0.05) is 39.3 Å². The highest BCUT2D eigenvalue weighted by Gasteiger charge is 2.31. The Morgan fingerprint density at radius 1 is 0.944 bits per heavy atom. The van der Waals surface area contributed by atoms with E-state index in [0.29, 0.717) is 33.5 Å². The van der Waals surface area contributed by atoms with Crippen molar-refractivity contribution in [2.24, 2.45) is 0 Å². The fourth-order valence-electron chi connectivity index (χ4n) is 4.54. The zero-order chi connectivity index (χ0) is 25.4. The van der Waals surface area contributed by atoms with Crippen LogP contribution in [0.25, 0.3) is 16.6 Å². The van der Waals surface area contributed by atoms with Crippen molar-refractivity contribution in [3.8, 4) is 17.2 Å². The molecule has 36 heavy (non-hydrogen) atoms. The molecule has 5 rings (SSSR count). The molecule has 5 aromatic rings. The second-order valence-corrected chi connectivity index (χ2v) is 8.90. The van der Waals surface area contributed by atoms with E-state index in [2.05, 4.69) is 10.1 Å². The van der Waals surface area contributed by atoms with Crippen molar-refractivity contribution in [1.29, 1.82) is 0 Å². The summed E-state index contributed by atoms with van der Waals surface area (Å²) >= 11 is 6.07. The molecule has 0 bridgehead atoms. The minimum absolute atomic E-state index is 0.169. The Labute approximate surface area is 212 Å². The summed E-state index contributed by atoms with van der Waals surface area (Å²) in [6.07, 6.45) is 0. The van der Waals surface area contributed by atoms with Crippen molar-refractivity contribution >= 4 is 28.3 Å². The van der Waals surface area contributed by atoms with Gasteiger partial charge in [0.1, 0.15) is 11.5 Å². The number of benzene rings is 3. The number of methoxy groups -OCH3 is 2. The molecule has 3 aromatic carbocycles. The lowest BCUT2D eigenvalue weighted by Crippen LogP contribution is -2.16. The second-order valence-electron chi connectivity index (χ2n) is 8.47. The molecular weight excluding hydrogens is 478 g/mol. The summed E-state index contributed by atoms with van der Waals surface area (Å²) in [5.41, 5.74) is 3.71. The number of aryl methyl sites for hydroxylation is 1. The van der Waals surface area contributed by atoms with Crippen LogP contribution < -0.4 is 15.0 Å². The lowest BCUT2D eigenvalue weighted by atomic mass is 9.86. The molecule has 2 N–H and O–H groups in total. The number of hydrogen-bond acceptors (Lipinski definition) is 4. The number of ether oxygens (including phenoxy) is 2. The van der Waals surface area contributed by atoms with Gasteiger partial charge < -0.3 is 14.5 Å². The number of Topliss-reactive ketones (excluding diaryl/α,β-unsaturated/α-hetero) is 1. The molecule has 2 heterocycles. The van der Waals surface area contributed by atoms with Crippen LogP contribution in [-0.2, 0) is 0 Å². The number of rotatable bonds is 7. The zero-order valence-corrected chi connectivity index (χ0v) is 20.7. The third-order valence-corrected chi connectivity index (χ3v) is 6.54. The van der Waals surface area contributed by atoms with Gasteiger partial charge in [0.15, 0.2) is 5.78 Å². The van der Waals surface area contributed by atoms with Crippen molar-refractivity contribution in [3.63, 3.8) is 0 Å². The van der Waals surface area contributed by atoms with E-state index in [4.69, 9.17) is 21.1 Å². The Balaban J connectivity index is 1.72. The van der Waals surface area contributed by atoms with Crippen molar-refractivity contribution in [1.82, 2.24) is 14.8 Å². The van der Waals surface area contributed by atoms with Gasteiger partial charge in [0.05, 0.1) is 31.5 Å². The summed E-state index contributed by atoms with van der Waals surface area (Å²) in [5.74, 6) is 0.330. The molecule has 182 valence electrons. The van der Waals surface area contributed by atoms with E-state index in [1.54, 1.807) is 62.8 Å². The van der Waals surface area contributed by atoms with Gasteiger partial charge in [-0.2, -0.15) is 0 Å². The lowest BCUT2D eigenvalue weighted by Gasteiger charge is -2.16. The summed E-state index contributed by atoms with van der Waals surface area (Å²) in [6, 6.07) is 21.0. The predicted octanol–water partition coefficient (Wildman–Crippen LogP) is 5.64. The summed E-state index contributed by atoms with van der Waals surface area (Å²) in [5, 5.41) is 4.55. The number of ketones is 1. The third-order valence-electron chi connectivity index (χ3n) is 6.29. The molecule has 0 fully saturated rings. The van der Waals surface area contributed by atoms with Crippen LogP contribution in [0.15, 0.2) is 77.6 Å². The minimum Gasteiger partial charge on any atom is -0.497 e. The molecular formula is C28H24ClN3O4. The first-order valence-corrected chi connectivity index (χ1v) is 11.7. The molecule has 0 saturated heterocycles. The summed E-state index contributed by atoms with van der Waals surface area (Å²) in [7, 11) is 3.17. The molecule has 0 aliphatic rings. The molecule has 0 aliphatic carbocycles. The molecule has 7 nitrogen and oxygen atoms in total. The van der Waals surface area contributed by atoms with Crippen molar-refractivity contribution in [3.05, 3.63) is 111 Å². The van der Waals surface area contributed by atoms with E-state index in [-0.39, 0.29) is 11.3 Å². The maximum absolute atomic E-state index is 14.0. The van der Waals surface area contributed by atoms with Crippen molar-refractivity contribution in [2.45, 2.75) is 12.8 Å². The van der Waals surface area contributed by atoms with Gasteiger partial charge in [-0.05, 0) is 67.1 Å². The molecule has 0 spiro atoms. The van der Waals surface area contributed by atoms with Gasteiger partial charge in [-0.25, -0.2) is 4.68 Å². The highest BCUT2D eigenvalue weighted by molar-refractivity contribution is 6.30. The molecule has 0 aliphatic heterocycles. The number of nitrogens with one attached hydrogen (secondary N) is 2. The fourth-order valence-corrected chi connectivity index (χ4v) is 4.66. The van der Waals surface area contributed by atoms with Gasteiger partial charge in [0.2, 0.25) is 0 Å². The number of carbonyl (C=O) groups is 1. The number of aromatic nitrogens is 3. The molecule has 1 unspecified atom stereocenters. The van der Waals surface area contributed by atoms with E-state index in [0.717, 1.165) is 22.2 Å². The average molecular weight is 502 g/mol. The van der Waals surface area contributed by atoms with Gasteiger partial charge in [-0.15, -0.1) is 0 Å². The Bertz CT molecular complexity index is 1630. The number of fused-ring (bicyclic) bond motifs is 1. The van der Waals surface area contributed by atoms with E-state index in [1.165, 1.54) is 10.7 Å². The lowest BCUT2D eigenvalue weighted by molar-refractivity contribution is 0.0972. The number of aromatic amines is 2. The SMILES string of the molecule is COc1cccc(-n2[nH]c(C(C(=O)c3ccc(Cl)cc3)c3c(C)[nH]c4ccc(OC)cc34)cc2=O)c1. The van der Waals surface area contributed by atoms with Crippen molar-refractivity contribution < 1.29 is 14.3 Å². The first-order valence-electron chi connectivity index (χ1n) is 11.3. The van der Waals surface area contributed by atoms with Crippen LogP contribution in [0.3, 0.4) is 0 Å². The molecule has 8 heteroatoms. The van der Waals surface area contributed by atoms with E-state index >= 15 is 0 Å². The number of carbonyl (C=O) groups excluding carboxylic acids is 1. The smallest absolute Gasteiger partial charge is 0.271 e. The number of halogens is 1. The Hall–Kier alpha value is -4.23.